The lowest BCUT2D eigenvalue weighted by molar-refractivity contribution is 0.269. The Hall–Kier alpha value is -1.40. The fraction of sp³-hybridized carbons (Fsp3) is 0.364. The van der Waals surface area contributed by atoms with Crippen LogP contribution in [-0.2, 0) is 5.41 Å². The largest absolute Gasteiger partial charge is 0.396 e. The summed E-state index contributed by atoms with van der Waals surface area (Å²) in [7, 11) is 0. The van der Waals surface area contributed by atoms with Crippen LogP contribution in [-0.4, -0.2) is 11.7 Å². The predicted molar refractivity (Wildman–Crippen MR) is 48.9 cm³/mol. The van der Waals surface area contributed by atoms with Crippen molar-refractivity contribution in [2.45, 2.75) is 11.8 Å². The summed E-state index contributed by atoms with van der Waals surface area (Å²) in [6.07, 6.45) is 0.628. The summed E-state index contributed by atoms with van der Waals surface area (Å²) in [5, 5.41) is 18.0. The molecule has 0 spiro atoms. The highest BCUT2D eigenvalue weighted by Gasteiger charge is 2.55. The molecule has 2 rings (SSSR count). The maximum Gasteiger partial charge on any atom is 0.123 e. The van der Waals surface area contributed by atoms with E-state index in [2.05, 4.69) is 6.07 Å². The quantitative estimate of drug-likeness (QED) is 0.771. The second-order valence-corrected chi connectivity index (χ2v) is 3.68. The average molecular weight is 191 g/mol. The standard InChI is InChI=1S/C11H10FNO/c12-10-3-1-2-8(4-10)11(7-13)5-9(11)6-14/h1-4,9,14H,5-6H2/t9-,11+/m0/s1. The van der Waals surface area contributed by atoms with Gasteiger partial charge in [0.2, 0.25) is 0 Å². The van der Waals surface area contributed by atoms with Gasteiger partial charge in [-0.3, -0.25) is 0 Å². The Labute approximate surface area is 81.6 Å². The van der Waals surface area contributed by atoms with Crippen LogP contribution in [0.3, 0.4) is 0 Å². The molecule has 0 heterocycles. The molecule has 1 N–H and O–H groups in total. The first-order valence-electron chi connectivity index (χ1n) is 4.51. The molecular weight excluding hydrogens is 181 g/mol. The SMILES string of the molecule is N#C[C@@]1(c2cccc(F)c2)C[C@H]1CO. The minimum absolute atomic E-state index is 0.00985. The van der Waals surface area contributed by atoms with Crippen LogP contribution in [0.1, 0.15) is 12.0 Å². The third kappa shape index (κ3) is 1.19. The molecule has 1 aliphatic carbocycles. The average Bonchev–Trinajstić information content (AvgIpc) is 2.93. The second-order valence-electron chi connectivity index (χ2n) is 3.68. The van der Waals surface area contributed by atoms with E-state index in [9.17, 15) is 4.39 Å². The minimum Gasteiger partial charge on any atom is -0.396 e. The van der Waals surface area contributed by atoms with Crippen molar-refractivity contribution >= 4 is 0 Å². The first-order valence-corrected chi connectivity index (χ1v) is 4.51. The summed E-state index contributed by atoms with van der Waals surface area (Å²) in [6.45, 7) is -0.00985. The number of benzene rings is 1. The summed E-state index contributed by atoms with van der Waals surface area (Å²) < 4.78 is 12.9. The lowest BCUT2D eigenvalue weighted by Crippen LogP contribution is -2.09. The number of hydrogen-bond acceptors (Lipinski definition) is 2. The van der Waals surface area contributed by atoms with Crippen molar-refractivity contribution in [3.05, 3.63) is 35.6 Å². The molecule has 1 aromatic rings. The lowest BCUT2D eigenvalue weighted by Gasteiger charge is -2.07. The zero-order valence-corrected chi connectivity index (χ0v) is 7.57. The number of hydrogen-bond donors (Lipinski definition) is 1. The third-order valence-corrected chi connectivity index (χ3v) is 2.86. The van der Waals surface area contributed by atoms with Crippen LogP contribution in [0.4, 0.5) is 4.39 Å². The number of aliphatic hydroxyl groups excluding tert-OH is 1. The summed E-state index contributed by atoms with van der Waals surface area (Å²) in [6, 6.07) is 8.23. The number of halogens is 1. The van der Waals surface area contributed by atoms with Crippen molar-refractivity contribution in [1.29, 1.82) is 5.26 Å². The van der Waals surface area contributed by atoms with E-state index in [0.29, 0.717) is 12.0 Å². The van der Waals surface area contributed by atoms with Crippen LogP contribution in [0, 0.1) is 23.1 Å². The smallest absolute Gasteiger partial charge is 0.123 e. The molecule has 2 atom stereocenters. The highest BCUT2D eigenvalue weighted by atomic mass is 19.1. The van der Waals surface area contributed by atoms with E-state index in [1.165, 1.54) is 12.1 Å². The summed E-state index contributed by atoms with van der Waals surface area (Å²) in [5.41, 5.74) is 0.0377. The van der Waals surface area contributed by atoms with Crippen LogP contribution in [0.2, 0.25) is 0 Å². The van der Waals surface area contributed by atoms with Gasteiger partial charge in [0.1, 0.15) is 5.82 Å². The van der Waals surface area contributed by atoms with E-state index in [1.54, 1.807) is 12.1 Å². The van der Waals surface area contributed by atoms with E-state index in [0.717, 1.165) is 0 Å². The zero-order chi connectivity index (χ0) is 10.2. The van der Waals surface area contributed by atoms with Gasteiger partial charge in [-0.05, 0) is 24.1 Å². The number of nitrogens with zero attached hydrogens (tertiary/aromatic N) is 1. The molecule has 0 saturated heterocycles. The van der Waals surface area contributed by atoms with Gasteiger partial charge in [0.25, 0.3) is 0 Å². The molecule has 1 saturated carbocycles. The van der Waals surface area contributed by atoms with Crippen LogP contribution < -0.4 is 0 Å². The van der Waals surface area contributed by atoms with Crippen molar-refractivity contribution in [2.75, 3.05) is 6.61 Å². The van der Waals surface area contributed by atoms with Crippen LogP contribution in [0.5, 0.6) is 0 Å². The monoisotopic (exact) mass is 191 g/mol. The molecule has 0 amide bonds. The molecule has 14 heavy (non-hydrogen) atoms. The molecule has 0 aliphatic heterocycles. The topological polar surface area (TPSA) is 44.0 Å². The Morgan fingerprint density at radius 2 is 2.43 bits per heavy atom. The molecule has 0 unspecified atom stereocenters. The fourth-order valence-electron chi connectivity index (χ4n) is 1.87. The zero-order valence-electron chi connectivity index (χ0n) is 7.57. The maximum atomic E-state index is 12.9. The first kappa shape index (κ1) is 9.17. The Bertz CT molecular complexity index is 399. The van der Waals surface area contributed by atoms with Crippen molar-refractivity contribution in [2.24, 2.45) is 5.92 Å². The van der Waals surface area contributed by atoms with E-state index in [1.807, 2.05) is 0 Å². The Kier molecular flexibility index (Phi) is 2.01. The van der Waals surface area contributed by atoms with Gasteiger partial charge < -0.3 is 5.11 Å². The summed E-state index contributed by atoms with van der Waals surface area (Å²) >= 11 is 0. The van der Waals surface area contributed by atoms with Crippen LogP contribution >= 0.6 is 0 Å². The second kappa shape index (κ2) is 3.07. The van der Waals surface area contributed by atoms with E-state index in [-0.39, 0.29) is 18.3 Å². The first-order chi connectivity index (χ1) is 6.73. The Morgan fingerprint density at radius 3 is 2.93 bits per heavy atom. The molecule has 1 fully saturated rings. The van der Waals surface area contributed by atoms with Gasteiger partial charge in [-0.2, -0.15) is 5.26 Å². The van der Waals surface area contributed by atoms with Gasteiger partial charge in [0.05, 0.1) is 11.5 Å². The van der Waals surface area contributed by atoms with E-state index < -0.39 is 5.41 Å². The van der Waals surface area contributed by atoms with Gasteiger partial charge in [-0.1, -0.05) is 12.1 Å². The third-order valence-electron chi connectivity index (χ3n) is 2.86. The van der Waals surface area contributed by atoms with Gasteiger partial charge >= 0.3 is 0 Å². The van der Waals surface area contributed by atoms with Crippen molar-refractivity contribution in [3.8, 4) is 6.07 Å². The summed E-state index contributed by atoms with van der Waals surface area (Å²) in [4.78, 5) is 0. The normalized spacial score (nSPS) is 29.6. The molecule has 0 radical (unpaired) electrons. The van der Waals surface area contributed by atoms with Crippen molar-refractivity contribution < 1.29 is 9.50 Å². The van der Waals surface area contributed by atoms with Gasteiger partial charge in [-0.15, -0.1) is 0 Å². The summed E-state index contributed by atoms with van der Waals surface area (Å²) in [5.74, 6) is -0.366. The highest BCUT2D eigenvalue weighted by Crippen LogP contribution is 2.53. The fourth-order valence-corrected chi connectivity index (χ4v) is 1.87. The highest BCUT2D eigenvalue weighted by molar-refractivity contribution is 5.41. The van der Waals surface area contributed by atoms with Crippen LogP contribution in [0.15, 0.2) is 24.3 Å². The van der Waals surface area contributed by atoms with Crippen molar-refractivity contribution in [3.63, 3.8) is 0 Å². The molecule has 0 bridgehead atoms. The number of aliphatic hydroxyl groups is 1. The number of nitriles is 1. The molecule has 0 aromatic heterocycles. The molecule has 1 aliphatic rings. The number of rotatable bonds is 2. The van der Waals surface area contributed by atoms with E-state index >= 15 is 0 Å². The Morgan fingerprint density at radius 1 is 1.64 bits per heavy atom. The maximum absolute atomic E-state index is 12.9. The minimum atomic E-state index is -0.642. The van der Waals surface area contributed by atoms with Gasteiger partial charge in [0, 0.05) is 12.5 Å². The van der Waals surface area contributed by atoms with Gasteiger partial charge in [0.15, 0.2) is 0 Å². The van der Waals surface area contributed by atoms with Crippen molar-refractivity contribution in [1.82, 2.24) is 0 Å². The van der Waals surface area contributed by atoms with E-state index in [4.69, 9.17) is 10.4 Å². The lowest BCUT2D eigenvalue weighted by atomic mass is 9.95. The Balaban J connectivity index is 2.36. The van der Waals surface area contributed by atoms with Crippen LogP contribution in [0.25, 0.3) is 0 Å². The van der Waals surface area contributed by atoms with Gasteiger partial charge in [-0.25, -0.2) is 4.39 Å². The molecule has 2 nitrogen and oxygen atoms in total. The molecule has 72 valence electrons. The molecule has 1 aromatic carbocycles. The predicted octanol–water partition coefficient (Wildman–Crippen LogP) is 1.60. The molecule has 3 heteroatoms. The molecular formula is C11H10FNO.